The lowest BCUT2D eigenvalue weighted by Gasteiger charge is -2.23. The Labute approximate surface area is 126 Å². The second-order valence-electron chi connectivity index (χ2n) is 5.79. The Morgan fingerprint density at radius 1 is 1.27 bits per heavy atom. The van der Waals surface area contributed by atoms with Crippen LogP contribution in [0.15, 0.2) is 16.5 Å². The number of nitrogens with zero attached hydrogens (tertiary/aromatic N) is 1. The molecule has 0 amide bonds. The number of oxazole rings is 1. The van der Waals surface area contributed by atoms with Gasteiger partial charge < -0.3 is 14.5 Å². The van der Waals surface area contributed by atoms with E-state index in [2.05, 4.69) is 10.3 Å². The monoisotopic (exact) mass is 316 g/mol. The summed E-state index contributed by atoms with van der Waals surface area (Å²) in [4.78, 5) is 4.00. The van der Waals surface area contributed by atoms with Crippen LogP contribution in [0.1, 0.15) is 30.9 Å². The second-order valence-corrected chi connectivity index (χ2v) is 5.79. The zero-order chi connectivity index (χ0) is 16.5. The molecule has 0 unspecified atom stereocenters. The summed E-state index contributed by atoms with van der Waals surface area (Å²) >= 11 is 0. The molecular weight excluding hydrogens is 297 g/mol. The van der Waals surface area contributed by atoms with Crippen LogP contribution >= 0.6 is 0 Å². The van der Waals surface area contributed by atoms with Crippen LogP contribution in [0.3, 0.4) is 0 Å². The standard InChI is InChI=1S/C15H19F3N2O2/c1-9-20-12-6-10(7-19-8-14(2,3)21-4)5-11(13(12)22-9)15(16,17)18/h5-6,19H,7-8H2,1-4H3. The molecule has 4 nitrogen and oxygen atoms in total. The summed E-state index contributed by atoms with van der Waals surface area (Å²) in [7, 11) is 1.59. The number of alkyl halides is 3. The van der Waals surface area contributed by atoms with E-state index in [4.69, 9.17) is 9.15 Å². The Bertz CT molecular complexity index is 663. The van der Waals surface area contributed by atoms with Crippen LogP contribution in [0, 0.1) is 6.92 Å². The van der Waals surface area contributed by atoms with Gasteiger partial charge >= 0.3 is 6.18 Å². The number of hydrogen-bond acceptors (Lipinski definition) is 4. The first-order valence-electron chi connectivity index (χ1n) is 6.85. The molecule has 1 aromatic carbocycles. The van der Waals surface area contributed by atoms with Gasteiger partial charge in [0.2, 0.25) is 0 Å². The maximum atomic E-state index is 13.1. The van der Waals surface area contributed by atoms with E-state index in [1.807, 2.05) is 13.8 Å². The highest BCUT2D eigenvalue weighted by Crippen LogP contribution is 2.36. The van der Waals surface area contributed by atoms with Gasteiger partial charge in [-0.1, -0.05) is 0 Å². The lowest BCUT2D eigenvalue weighted by molar-refractivity contribution is -0.136. The largest absolute Gasteiger partial charge is 0.440 e. The first-order chi connectivity index (χ1) is 10.1. The molecule has 0 saturated carbocycles. The summed E-state index contributed by atoms with van der Waals surface area (Å²) in [5, 5.41) is 3.09. The van der Waals surface area contributed by atoms with E-state index in [-0.39, 0.29) is 29.1 Å². The van der Waals surface area contributed by atoms with Gasteiger partial charge in [0, 0.05) is 27.1 Å². The number of rotatable bonds is 5. The molecule has 1 heterocycles. The number of hydrogen-bond donors (Lipinski definition) is 1. The molecule has 122 valence electrons. The highest BCUT2D eigenvalue weighted by atomic mass is 19.4. The maximum absolute atomic E-state index is 13.1. The van der Waals surface area contributed by atoms with Gasteiger partial charge in [-0.25, -0.2) is 4.98 Å². The highest BCUT2D eigenvalue weighted by molar-refractivity contribution is 5.78. The summed E-state index contributed by atoms with van der Waals surface area (Å²) in [5.41, 5.74) is -0.684. The molecule has 2 rings (SSSR count). The predicted octanol–water partition coefficient (Wildman–Crippen LogP) is 3.67. The van der Waals surface area contributed by atoms with Crippen molar-refractivity contribution in [3.8, 4) is 0 Å². The number of nitrogens with one attached hydrogen (secondary N) is 1. The molecule has 7 heteroatoms. The minimum atomic E-state index is -4.48. The van der Waals surface area contributed by atoms with E-state index >= 15 is 0 Å². The first-order valence-corrected chi connectivity index (χ1v) is 6.85. The zero-order valence-corrected chi connectivity index (χ0v) is 13.0. The first kappa shape index (κ1) is 16.8. The number of fused-ring (bicyclic) bond motifs is 1. The minimum Gasteiger partial charge on any atom is -0.440 e. The van der Waals surface area contributed by atoms with Gasteiger partial charge in [0.05, 0.1) is 5.60 Å². The maximum Gasteiger partial charge on any atom is 0.420 e. The van der Waals surface area contributed by atoms with Gasteiger partial charge in [0.15, 0.2) is 11.5 Å². The Morgan fingerprint density at radius 3 is 2.55 bits per heavy atom. The fourth-order valence-electron chi connectivity index (χ4n) is 2.09. The van der Waals surface area contributed by atoms with Crippen molar-refractivity contribution in [3.63, 3.8) is 0 Å². The average molecular weight is 316 g/mol. The summed E-state index contributed by atoms with van der Waals surface area (Å²) in [6, 6.07) is 2.70. The molecule has 0 aliphatic carbocycles. The van der Waals surface area contributed by atoms with Gasteiger partial charge in [-0.3, -0.25) is 0 Å². The van der Waals surface area contributed by atoms with Crippen LogP contribution in [-0.4, -0.2) is 24.2 Å². The van der Waals surface area contributed by atoms with Crippen molar-refractivity contribution in [2.75, 3.05) is 13.7 Å². The van der Waals surface area contributed by atoms with Crippen LogP contribution in [0.25, 0.3) is 11.1 Å². The predicted molar refractivity (Wildman–Crippen MR) is 76.5 cm³/mol. The molecule has 0 saturated heterocycles. The fourth-order valence-corrected chi connectivity index (χ4v) is 2.09. The van der Waals surface area contributed by atoms with Crippen LogP contribution in [-0.2, 0) is 17.5 Å². The van der Waals surface area contributed by atoms with Gasteiger partial charge in [-0.2, -0.15) is 13.2 Å². The number of halogens is 3. The third-order valence-corrected chi connectivity index (χ3v) is 3.39. The molecule has 0 atom stereocenters. The van der Waals surface area contributed by atoms with E-state index < -0.39 is 11.7 Å². The molecule has 1 aromatic heterocycles. The molecule has 0 radical (unpaired) electrons. The van der Waals surface area contributed by atoms with E-state index in [1.165, 1.54) is 6.92 Å². The van der Waals surface area contributed by atoms with Crippen molar-refractivity contribution in [1.29, 1.82) is 0 Å². The van der Waals surface area contributed by atoms with Crippen LogP contribution in [0.4, 0.5) is 13.2 Å². The number of benzene rings is 1. The summed E-state index contributed by atoms with van der Waals surface area (Å²) < 4.78 is 49.8. The highest BCUT2D eigenvalue weighted by Gasteiger charge is 2.35. The van der Waals surface area contributed by atoms with E-state index in [1.54, 1.807) is 13.2 Å². The topological polar surface area (TPSA) is 47.3 Å². The lowest BCUT2D eigenvalue weighted by atomic mass is 10.1. The van der Waals surface area contributed by atoms with Crippen molar-refractivity contribution >= 4 is 11.1 Å². The van der Waals surface area contributed by atoms with Crippen LogP contribution in [0.5, 0.6) is 0 Å². The Kier molecular flexibility index (Phi) is 4.49. The van der Waals surface area contributed by atoms with Gasteiger partial charge in [0.1, 0.15) is 11.1 Å². The van der Waals surface area contributed by atoms with Gasteiger partial charge in [-0.15, -0.1) is 0 Å². The van der Waals surface area contributed by atoms with E-state index in [0.29, 0.717) is 12.1 Å². The van der Waals surface area contributed by atoms with Crippen LogP contribution in [0.2, 0.25) is 0 Å². The van der Waals surface area contributed by atoms with Crippen molar-refractivity contribution < 1.29 is 22.3 Å². The Balaban J connectivity index is 2.28. The lowest BCUT2D eigenvalue weighted by Crippen LogP contribution is -2.36. The SMILES string of the molecule is COC(C)(C)CNCc1cc(C(F)(F)F)c2oc(C)nc2c1. The Hall–Kier alpha value is -1.60. The molecule has 0 aliphatic heterocycles. The quantitative estimate of drug-likeness (QED) is 0.914. The average Bonchev–Trinajstić information content (AvgIpc) is 2.76. The summed E-state index contributed by atoms with van der Waals surface area (Å²) in [6.07, 6.45) is -4.48. The third-order valence-electron chi connectivity index (χ3n) is 3.39. The molecule has 0 aliphatic rings. The van der Waals surface area contributed by atoms with Gasteiger partial charge in [-0.05, 0) is 31.5 Å². The minimum absolute atomic E-state index is 0.214. The smallest absolute Gasteiger partial charge is 0.420 e. The van der Waals surface area contributed by atoms with Crippen molar-refractivity contribution in [2.24, 2.45) is 0 Å². The molecule has 1 N–H and O–H groups in total. The number of ether oxygens (including phenoxy) is 1. The molecule has 2 aromatic rings. The number of methoxy groups -OCH3 is 1. The number of aryl methyl sites for hydroxylation is 1. The zero-order valence-electron chi connectivity index (χ0n) is 13.0. The summed E-state index contributed by atoms with van der Waals surface area (Å²) in [5.74, 6) is 0.214. The van der Waals surface area contributed by atoms with Gasteiger partial charge in [0.25, 0.3) is 0 Å². The Morgan fingerprint density at radius 2 is 1.95 bits per heavy atom. The molecule has 0 spiro atoms. The molecule has 0 bridgehead atoms. The second kappa shape index (κ2) is 5.89. The van der Waals surface area contributed by atoms with Crippen molar-refractivity contribution in [1.82, 2.24) is 10.3 Å². The molecule has 22 heavy (non-hydrogen) atoms. The van der Waals surface area contributed by atoms with Crippen LogP contribution < -0.4 is 5.32 Å². The fraction of sp³-hybridized carbons (Fsp3) is 0.533. The third kappa shape index (κ3) is 3.78. The normalized spacial score (nSPS) is 13.0. The molecule has 0 fully saturated rings. The van der Waals surface area contributed by atoms with E-state index in [0.717, 1.165) is 6.07 Å². The van der Waals surface area contributed by atoms with Crippen molar-refractivity contribution in [3.05, 3.63) is 29.2 Å². The van der Waals surface area contributed by atoms with E-state index in [9.17, 15) is 13.2 Å². The summed E-state index contributed by atoms with van der Waals surface area (Å²) in [6.45, 7) is 6.12. The number of aromatic nitrogens is 1. The van der Waals surface area contributed by atoms with Crippen molar-refractivity contribution in [2.45, 2.75) is 39.1 Å². The molecular formula is C15H19F3N2O2.